The van der Waals surface area contributed by atoms with Crippen molar-refractivity contribution in [2.45, 2.75) is 19.9 Å². The predicted octanol–water partition coefficient (Wildman–Crippen LogP) is 3.81. The van der Waals surface area contributed by atoms with E-state index >= 15 is 0 Å². The van der Waals surface area contributed by atoms with E-state index in [2.05, 4.69) is 5.18 Å². The number of aryl methyl sites for hydroxylation is 1. The summed E-state index contributed by atoms with van der Waals surface area (Å²) in [5, 5.41) is 13.9. The van der Waals surface area contributed by atoms with Crippen molar-refractivity contribution in [3.05, 3.63) is 28.1 Å². The molecule has 0 atom stereocenters. The Hall–Kier alpha value is -1.55. The van der Waals surface area contributed by atoms with Crippen LogP contribution in [0.5, 0.6) is 5.88 Å². The molecule has 16 heavy (non-hydrogen) atoms. The Kier molecular flexibility index (Phi) is 2.83. The highest BCUT2D eigenvalue weighted by atomic mass is 35.5. The van der Waals surface area contributed by atoms with Gasteiger partial charge in [0.1, 0.15) is 0 Å². The summed E-state index contributed by atoms with van der Waals surface area (Å²) in [5.41, 5.74) is 0.821. The molecule has 1 heterocycles. The predicted molar refractivity (Wildman–Crippen MR) is 64.4 cm³/mol. The molecule has 1 aromatic heterocycles. The first-order valence-corrected chi connectivity index (χ1v) is 5.41. The average molecular weight is 239 g/mol. The van der Waals surface area contributed by atoms with Crippen molar-refractivity contribution in [2.24, 2.45) is 5.18 Å². The van der Waals surface area contributed by atoms with E-state index in [0.717, 1.165) is 11.9 Å². The van der Waals surface area contributed by atoms with E-state index in [0.29, 0.717) is 17.0 Å². The fourth-order valence-corrected chi connectivity index (χ4v) is 2.00. The van der Waals surface area contributed by atoms with Crippen LogP contribution in [0.3, 0.4) is 0 Å². The van der Waals surface area contributed by atoms with Crippen LogP contribution in [-0.2, 0) is 6.54 Å². The third-order valence-electron chi connectivity index (χ3n) is 2.51. The minimum absolute atomic E-state index is 0.0834. The lowest BCUT2D eigenvalue weighted by molar-refractivity contribution is 0.421. The quantitative estimate of drug-likeness (QED) is 0.827. The summed E-state index contributed by atoms with van der Waals surface area (Å²) in [5.74, 6) is -0.0888. The van der Waals surface area contributed by atoms with Gasteiger partial charge in [0.2, 0.25) is 5.88 Å². The summed E-state index contributed by atoms with van der Waals surface area (Å²) in [6.45, 7) is 2.61. The number of nitrogens with zero attached hydrogens (tertiary/aromatic N) is 2. The molecule has 0 saturated carbocycles. The highest BCUT2D eigenvalue weighted by molar-refractivity contribution is 6.31. The number of halogens is 1. The van der Waals surface area contributed by atoms with Gasteiger partial charge in [0.05, 0.1) is 5.52 Å². The van der Waals surface area contributed by atoms with Gasteiger partial charge in [-0.1, -0.05) is 18.5 Å². The molecule has 0 fully saturated rings. The Balaban J connectivity index is 2.80. The molecule has 0 spiro atoms. The van der Waals surface area contributed by atoms with Crippen LogP contribution in [0.15, 0.2) is 23.4 Å². The second kappa shape index (κ2) is 4.14. The van der Waals surface area contributed by atoms with Gasteiger partial charge in [0.15, 0.2) is 5.69 Å². The Morgan fingerprint density at radius 1 is 1.50 bits per heavy atom. The summed E-state index contributed by atoms with van der Waals surface area (Å²) in [4.78, 5) is 10.7. The zero-order chi connectivity index (χ0) is 11.7. The molecule has 0 unspecified atom stereocenters. The molecule has 0 aliphatic carbocycles. The number of benzene rings is 1. The summed E-state index contributed by atoms with van der Waals surface area (Å²) in [6.07, 6.45) is 0.849. The lowest BCUT2D eigenvalue weighted by Gasteiger charge is -2.04. The Labute approximate surface area is 97.4 Å². The average Bonchev–Trinajstić information content (AvgIpc) is 2.52. The van der Waals surface area contributed by atoms with Crippen LogP contribution in [0.4, 0.5) is 5.69 Å². The first-order chi connectivity index (χ1) is 7.69. The van der Waals surface area contributed by atoms with Crippen molar-refractivity contribution < 1.29 is 5.11 Å². The maximum Gasteiger partial charge on any atom is 0.222 e. The van der Waals surface area contributed by atoms with E-state index in [4.69, 9.17) is 11.6 Å². The molecule has 1 aromatic carbocycles. The SMILES string of the molecule is CCCn1c(O)c(N=O)c2ccc(Cl)cc21. The molecule has 4 nitrogen and oxygen atoms in total. The molecule has 0 saturated heterocycles. The fraction of sp³-hybridized carbons (Fsp3) is 0.273. The van der Waals surface area contributed by atoms with Crippen molar-refractivity contribution in [3.8, 4) is 5.88 Å². The summed E-state index contributed by atoms with van der Waals surface area (Å²) >= 11 is 5.89. The van der Waals surface area contributed by atoms with E-state index in [1.807, 2.05) is 6.92 Å². The van der Waals surface area contributed by atoms with Gasteiger partial charge >= 0.3 is 0 Å². The van der Waals surface area contributed by atoms with Gasteiger partial charge in [-0.25, -0.2) is 0 Å². The third kappa shape index (κ3) is 1.55. The van der Waals surface area contributed by atoms with E-state index in [9.17, 15) is 10.0 Å². The standard InChI is InChI=1S/C11H11ClN2O2/c1-2-5-14-9-6-7(12)3-4-8(9)10(13-16)11(14)15/h3-4,6,15H,2,5H2,1H3. The van der Waals surface area contributed by atoms with Crippen molar-refractivity contribution in [1.29, 1.82) is 0 Å². The summed E-state index contributed by atoms with van der Waals surface area (Å²) in [6, 6.07) is 5.09. The van der Waals surface area contributed by atoms with Crippen LogP contribution in [0.25, 0.3) is 10.9 Å². The molecule has 1 N–H and O–H groups in total. The number of fused-ring (bicyclic) bond motifs is 1. The van der Waals surface area contributed by atoms with Crippen LogP contribution in [0.1, 0.15) is 13.3 Å². The summed E-state index contributed by atoms with van der Waals surface area (Å²) < 4.78 is 1.65. The maximum absolute atomic E-state index is 10.7. The molecular formula is C11H11ClN2O2. The highest BCUT2D eigenvalue weighted by Gasteiger charge is 2.16. The van der Waals surface area contributed by atoms with Crippen LogP contribution < -0.4 is 0 Å². The molecular weight excluding hydrogens is 228 g/mol. The maximum atomic E-state index is 10.7. The van der Waals surface area contributed by atoms with Gasteiger partial charge in [0.25, 0.3) is 0 Å². The van der Waals surface area contributed by atoms with Crippen LogP contribution in [-0.4, -0.2) is 9.67 Å². The monoisotopic (exact) mass is 238 g/mol. The number of hydrogen-bond donors (Lipinski definition) is 1. The van der Waals surface area contributed by atoms with Gasteiger partial charge < -0.3 is 9.67 Å². The Bertz CT molecular complexity index is 548. The first kappa shape index (κ1) is 11.0. The van der Waals surface area contributed by atoms with E-state index < -0.39 is 0 Å². The van der Waals surface area contributed by atoms with Gasteiger partial charge in [-0.3, -0.25) is 0 Å². The number of aromatic nitrogens is 1. The molecule has 0 aliphatic heterocycles. The van der Waals surface area contributed by atoms with E-state index in [1.165, 1.54) is 0 Å². The largest absolute Gasteiger partial charge is 0.493 e. The molecule has 2 rings (SSSR count). The molecule has 5 heteroatoms. The topological polar surface area (TPSA) is 54.6 Å². The molecule has 84 valence electrons. The zero-order valence-electron chi connectivity index (χ0n) is 8.77. The molecule has 0 aliphatic rings. The Morgan fingerprint density at radius 3 is 2.88 bits per heavy atom. The van der Waals surface area contributed by atoms with Gasteiger partial charge in [-0.15, -0.1) is 4.91 Å². The van der Waals surface area contributed by atoms with Crippen molar-refractivity contribution in [3.63, 3.8) is 0 Å². The smallest absolute Gasteiger partial charge is 0.222 e. The fourth-order valence-electron chi connectivity index (χ4n) is 1.83. The minimum atomic E-state index is -0.0888. The second-order valence-electron chi connectivity index (χ2n) is 3.58. The number of rotatable bonds is 3. The van der Waals surface area contributed by atoms with Crippen molar-refractivity contribution in [1.82, 2.24) is 4.57 Å². The van der Waals surface area contributed by atoms with Gasteiger partial charge in [0, 0.05) is 17.0 Å². The van der Waals surface area contributed by atoms with E-state index in [-0.39, 0.29) is 11.6 Å². The normalized spacial score (nSPS) is 10.9. The summed E-state index contributed by atoms with van der Waals surface area (Å²) in [7, 11) is 0. The minimum Gasteiger partial charge on any atom is -0.493 e. The number of hydrogen-bond acceptors (Lipinski definition) is 3. The zero-order valence-corrected chi connectivity index (χ0v) is 9.53. The van der Waals surface area contributed by atoms with Crippen molar-refractivity contribution >= 4 is 28.2 Å². The lowest BCUT2D eigenvalue weighted by Crippen LogP contribution is -1.94. The molecule has 0 amide bonds. The number of aromatic hydroxyl groups is 1. The van der Waals surface area contributed by atoms with Crippen molar-refractivity contribution in [2.75, 3.05) is 0 Å². The molecule has 0 bridgehead atoms. The van der Waals surface area contributed by atoms with Gasteiger partial charge in [-0.2, -0.15) is 0 Å². The second-order valence-corrected chi connectivity index (χ2v) is 4.01. The molecule has 0 radical (unpaired) electrons. The number of nitroso groups, excluding NO2 is 1. The third-order valence-corrected chi connectivity index (χ3v) is 2.75. The van der Waals surface area contributed by atoms with Gasteiger partial charge in [-0.05, 0) is 29.8 Å². The van der Waals surface area contributed by atoms with Crippen LogP contribution >= 0.6 is 11.6 Å². The Morgan fingerprint density at radius 2 is 2.25 bits per heavy atom. The van der Waals surface area contributed by atoms with Crippen LogP contribution in [0.2, 0.25) is 5.02 Å². The highest BCUT2D eigenvalue weighted by Crippen LogP contribution is 2.39. The lowest BCUT2D eigenvalue weighted by atomic mass is 10.2. The first-order valence-electron chi connectivity index (χ1n) is 5.03. The molecule has 2 aromatic rings. The van der Waals surface area contributed by atoms with E-state index in [1.54, 1.807) is 22.8 Å². The van der Waals surface area contributed by atoms with Crippen LogP contribution in [0, 0.1) is 4.91 Å².